The number of rotatable bonds is 3. The normalized spacial score (nSPS) is 20.2. The number of ether oxygens (including phenoxy) is 1. The molecule has 0 aliphatic carbocycles. The van der Waals surface area contributed by atoms with E-state index in [-0.39, 0.29) is 16.8 Å². The number of likely N-dealkylation sites (N-methyl/N-ethyl adjacent to an activating group) is 1. The van der Waals surface area contributed by atoms with Crippen LogP contribution in [0, 0.1) is 0 Å². The van der Waals surface area contributed by atoms with E-state index < -0.39 is 0 Å². The molecule has 0 atom stereocenters. The molecule has 4 nitrogen and oxygen atoms in total. The molecule has 0 saturated carbocycles. The van der Waals surface area contributed by atoms with E-state index in [0.717, 1.165) is 11.6 Å². The van der Waals surface area contributed by atoms with E-state index in [0.29, 0.717) is 6.54 Å². The van der Waals surface area contributed by atoms with Crippen LogP contribution in [-0.2, 0) is 9.53 Å². The van der Waals surface area contributed by atoms with Crippen LogP contribution in [0.5, 0.6) is 0 Å². The zero-order valence-corrected chi connectivity index (χ0v) is 16.3. The smallest absolute Gasteiger partial charge is 0.297 e. The van der Waals surface area contributed by atoms with Gasteiger partial charge in [-0.3, -0.25) is 9.69 Å². The van der Waals surface area contributed by atoms with E-state index in [4.69, 9.17) is 17.0 Å². The van der Waals surface area contributed by atoms with Gasteiger partial charge in [0.2, 0.25) is 0 Å². The molecule has 1 aromatic heterocycles. The lowest BCUT2D eigenvalue weighted by Crippen LogP contribution is -2.27. The Morgan fingerprint density at radius 2 is 1.92 bits per heavy atom. The summed E-state index contributed by atoms with van der Waals surface area (Å²) in [7, 11) is 0. The zero-order valence-electron chi connectivity index (χ0n) is 13.8. The third-order valence-corrected chi connectivity index (χ3v) is 6.94. The molecule has 7 heteroatoms. The van der Waals surface area contributed by atoms with Gasteiger partial charge in [-0.2, -0.15) is 0 Å². The minimum absolute atomic E-state index is 0.171. The fraction of sp³-hybridized carbons (Fsp3) is 0.222. The lowest BCUT2D eigenvalue weighted by atomic mass is 10.2. The summed E-state index contributed by atoms with van der Waals surface area (Å²) < 4.78 is 6.73. The summed E-state index contributed by atoms with van der Waals surface area (Å²) in [5.74, 6) is 0.117. The summed E-state index contributed by atoms with van der Waals surface area (Å²) in [4.78, 5) is 17.3. The summed E-state index contributed by atoms with van der Waals surface area (Å²) in [6, 6.07) is 8.46. The Hall–Kier alpha value is -1.83. The molecule has 1 aromatic carbocycles. The second-order valence-corrected chi connectivity index (χ2v) is 7.94. The van der Waals surface area contributed by atoms with Crippen molar-refractivity contribution in [2.75, 3.05) is 18.0 Å². The van der Waals surface area contributed by atoms with Crippen molar-refractivity contribution in [3.63, 3.8) is 0 Å². The van der Waals surface area contributed by atoms with Crippen LogP contribution < -0.4 is 4.90 Å². The maximum Gasteiger partial charge on any atom is 0.297 e. The summed E-state index contributed by atoms with van der Waals surface area (Å²) in [5.41, 5.74) is 0. The van der Waals surface area contributed by atoms with Gasteiger partial charge in [-0.1, -0.05) is 30.0 Å². The summed E-state index contributed by atoms with van der Waals surface area (Å²) in [6.07, 6.45) is 3.68. The van der Waals surface area contributed by atoms with E-state index in [2.05, 4.69) is 36.1 Å². The lowest BCUT2D eigenvalue weighted by Gasteiger charge is -2.16. The van der Waals surface area contributed by atoms with E-state index >= 15 is 0 Å². The van der Waals surface area contributed by atoms with Gasteiger partial charge in [0.1, 0.15) is 5.00 Å². The first-order valence-electron chi connectivity index (χ1n) is 8.06. The molecule has 4 rings (SSSR count). The third-order valence-electron chi connectivity index (χ3n) is 4.13. The standard InChI is InChI=1S/C18H16N2O2S3/c1-3-19-14(10-9-12-16(21)20(4-2)18(23)22-12)25-15-11-7-5-6-8-13(11)24-17(15)19/h5-10H,3-4H2,1-2H3. The van der Waals surface area contributed by atoms with Crippen molar-refractivity contribution in [1.82, 2.24) is 4.90 Å². The monoisotopic (exact) mass is 388 g/mol. The topological polar surface area (TPSA) is 32.8 Å². The van der Waals surface area contributed by atoms with Crippen molar-refractivity contribution in [3.05, 3.63) is 47.2 Å². The highest BCUT2D eigenvalue weighted by molar-refractivity contribution is 8.04. The van der Waals surface area contributed by atoms with Crippen LogP contribution in [0.25, 0.3) is 10.1 Å². The van der Waals surface area contributed by atoms with Crippen molar-refractivity contribution >= 4 is 61.5 Å². The Morgan fingerprint density at radius 1 is 1.16 bits per heavy atom. The van der Waals surface area contributed by atoms with Gasteiger partial charge >= 0.3 is 0 Å². The van der Waals surface area contributed by atoms with Gasteiger partial charge in [0, 0.05) is 23.2 Å². The molecule has 0 N–H and O–H groups in total. The van der Waals surface area contributed by atoms with Crippen LogP contribution in [0.2, 0.25) is 0 Å². The average Bonchev–Trinajstić information content (AvgIpc) is 3.22. The second-order valence-electron chi connectivity index (χ2n) is 5.53. The maximum absolute atomic E-state index is 12.2. The fourth-order valence-electron chi connectivity index (χ4n) is 2.90. The highest BCUT2D eigenvalue weighted by atomic mass is 32.2. The molecular weight excluding hydrogens is 372 g/mol. The highest BCUT2D eigenvalue weighted by Crippen LogP contribution is 2.54. The molecule has 128 valence electrons. The molecule has 0 radical (unpaired) electrons. The van der Waals surface area contributed by atoms with Gasteiger partial charge in [0.15, 0.2) is 5.76 Å². The number of benzene rings is 1. The Labute approximate surface area is 159 Å². The SMILES string of the molecule is CCN1C(=O)C(=CC=C2Sc3c(sc4ccccc34)N2CC)OC1=S. The van der Waals surface area contributed by atoms with Crippen molar-refractivity contribution in [2.24, 2.45) is 0 Å². The zero-order chi connectivity index (χ0) is 17.6. The largest absolute Gasteiger partial charge is 0.426 e. The molecule has 2 aromatic rings. The van der Waals surface area contributed by atoms with Crippen molar-refractivity contribution < 1.29 is 9.53 Å². The molecule has 1 fully saturated rings. The Bertz CT molecular complexity index is 945. The number of hydrogen-bond acceptors (Lipinski definition) is 6. The first-order valence-corrected chi connectivity index (χ1v) is 10.1. The van der Waals surface area contributed by atoms with Crippen LogP contribution in [0.4, 0.5) is 5.00 Å². The van der Waals surface area contributed by atoms with Crippen LogP contribution >= 0.6 is 35.3 Å². The van der Waals surface area contributed by atoms with Gasteiger partial charge in [0.25, 0.3) is 11.1 Å². The Kier molecular flexibility index (Phi) is 4.31. The van der Waals surface area contributed by atoms with Crippen molar-refractivity contribution in [3.8, 4) is 0 Å². The quantitative estimate of drug-likeness (QED) is 0.561. The maximum atomic E-state index is 12.2. The van der Waals surface area contributed by atoms with E-state index in [1.54, 1.807) is 29.2 Å². The number of carbonyl (C=O) groups is 1. The van der Waals surface area contributed by atoms with Gasteiger partial charge in [-0.15, -0.1) is 11.3 Å². The number of allylic oxidation sites excluding steroid dienone is 2. The summed E-state index contributed by atoms with van der Waals surface area (Å²) in [6.45, 7) is 5.40. The van der Waals surface area contributed by atoms with E-state index in [1.807, 2.05) is 13.0 Å². The molecular formula is C18H16N2O2S3. The van der Waals surface area contributed by atoms with E-state index in [1.165, 1.54) is 24.9 Å². The number of amides is 1. The minimum atomic E-state index is -0.171. The van der Waals surface area contributed by atoms with Crippen LogP contribution in [0.15, 0.2) is 52.1 Å². The van der Waals surface area contributed by atoms with Gasteiger partial charge in [-0.05, 0) is 44.3 Å². The molecule has 0 bridgehead atoms. The number of thioether (sulfide) groups is 1. The molecule has 2 aliphatic rings. The second kappa shape index (κ2) is 6.48. The van der Waals surface area contributed by atoms with Crippen LogP contribution in [0.1, 0.15) is 13.8 Å². The fourth-order valence-corrected chi connectivity index (χ4v) is 5.91. The van der Waals surface area contributed by atoms with Gasteiger partial charge in [-0.25, -0.2) is 0 Å². The van der Waals surface area contributed by atoms with Crippen molar-refractivity contribution in [1.29, 1.82) is 0 Å². The highest BCUT2D eigenvalue weighted by Gasteiger charge is 2.32. The lowest BCUT2D eigenvalue weighted by molar-refractivity contribution is -0.122. The number of hydrogen-bond donors (Lipinski definition) is 0. The third kappa shape index (κ3) is 2.67. The van der Waals surface area contributed by atoms with E-state index in [9.17, 15) is 4.79 Å². The predicted molar refractivity (Wildman–Crippen MR) is 108 cm³/mol. The summed E-state index contributed by atoms with van der Waals surface area (Å²) in [5, 5.41) is 3.88. The molecule has 1 saturated heterocycles. The first kappa shape index (κ1) is 16.6. The predicted octanol–water partition coefficient (Wildman–Crippen LogP) is 4.72. The molecule has 3 heterocycles. The number of anilines is 1. The number of nitrogens with zero attached hydrogens (tertiary/aromatic N) is 2. The number of thiophene rings is 1. The first-order chi connectivity index (χ1) is 12.1. The van der Waals surface area contributed by atoms with Gasteiger partial charge < -0.3 is 9.64 Å². The van der Waals surface area contributed by atoms with Crippen LogP contribution in [-0.4, -0.2) is 29.1 Å². The average molecular weight is 389 g/mol. The molecule has 0 spiro atoms. The molecule has 0 unspecified atom stereocenters. The Balaban J connectivity index is 1.67. The Morgan fingerprint density at radius 3 is 2.64 bits per heavy atom. The molecule has 1 amide bonds. The molecule has 2 aliphatic heterocycles. The summed E-state index contributed by atoms with van der Waals surface area (Å²) >= 11 is 8.63. The van der Waals surface area contributed by atoms with Crippen LogP contribution in [0.3, 0.4) is 0 Å². The number of fused-ring (bicyclic) bond motifs is 3. The minimum Gasteiger partial charge on any atom is -0.426 e. The number of carbonyl (C=O) groups excluding carboxylic acids is 1. The number of thiocarbonyl (C=S) groups is 1. The van der Waals surface area contributed by atoms with Crippen molar-refractivity contribution in [2.45, 2.75) is 18.7 Å². The van der Waals surface area contributed by atoms with Gasteiger partial charge in [0.05, 0.1) is 9.92 Å². The molecule has 25 heavy (non-hydrogen) atoms.